The van der Waals surface area contributed by atoms with Crippen LogP contribution in [-0.4, -0.2) is 28.4 Å². The number of nitrogens with one attached hydrogen (secondary N) is 1. The van der Waals surface area contributed by atoms with Crippen LogP contribution in [-0.2, 0) is 4.74 Å². The lowest BCUT2D eigenvalue weighted by Crippen LogP contribution is -2.42. The number of hydrogen-bond acceptors (Lipinski definition) is 5. The second-order valence-corrected chi connectivity index (χ2v) is 6.30. The van der Waals surface area contributed by atoms with Gasteiger partial charge in [0.2, 0.25) is 0 Å². The third-order valence-electron chi connectivity index (χ3n) is 4.72. The number of nitrogens with zero attached hydrogens (tertiary/aromatic N) is 2. The zero-order chi connectivity index (χ0) is 12.7. The first-order valence-electron chi connectivity index (χ1n) is 7.57. The molecule has 1 aromatic heterocycles. The van der Waals surface area contributed by atoms with Gasteiger partial charge in [0.05, 0.1) is 5.60 Å². The normalized spacial score (nSPS) is 29.8. The molecule has 2 saturated carbocycles. The summed E-state index contributed by atoms with van der Waals surface area (Å²) in [5.41, 5.74) is 0.134. The fraction of sp³-hybridized carbons (Fsp3) is 0.857. The Balaban J connectivity index is 1.40. The largest absolute Gasteiger partial charge is 0.375 e. The van der Waals surface area contributed by atoms with Gasteiger partial charge in [-0.1, -0.05) is 18.0 Å². The molecular formula is C14H21N3O2. The van der Waals surface area contributed by atoms with Crippen LogP contribution in [0.1, 0.15) is 63.1 Å². The number of anilines is 1. The zero-order valence-corrected chi connectivity index (χ0v) is 11.2. The molecule has 3 fully saturated rings. The van der Waals surface area contributed by atoms with Crippen molar-refractivity contribution in [3.05, 3.63) is 5.82 Å². The van der Waals surface area contributed by atoms with E-state index >= 15 is 0 Å². The third-order valence-corrected chi connectivity index (χ3v) is 4.72. The van der Waals surface area contributed by atoms with E-state index < -0.39 is 0 Å². The highest BCUT2D eigenvalue weighted by Crippen LogP contribution is 2.41. The molecule has 0 aromatic carbocycles. The van der Waals surface area contributed by atoms with Gasteiger partial charge < -0.3 is 14.6 Å². The molecule has 1 atom stereocenters. The highest BCUT2D eigenvalue weighted by molar-refractivity contribution is 5.23. The van der Waals surface area contributed by atoms with Crippen LogP contribution >= 0.6 is 0 Å². The molecule has 0 unspecified atom stereocenters. The Morgan fingerprint density at radius 3 is 2.79 bits per heavy atom. The van der Waals surface area contributed by atoms with Crippen LogP contribution < -0.4 is 5.32 Å². The van der Waals surface area contributed by atoms with Gasteiger partial charge in [0.1, 0.15) is 0 Å². The van der Waals surface area contributed by atoms with Crippen LogP contribution in [0.4, 0.5) is 6.01 Å². The van der Waals surface area contributed by atoms with Crippen LogP contribution in [0, 0.1) is 0 Å². The highest BCUT2D eigenvalue weighted by atomic mass is 16.5. The molecule has 1 N–H and O–H groups in total. The molecule has 1 saturated heterocycles. The monoisotopic (exact) mass is 263 g/mol. The SMILES string of the molecule is C1CCC2(C1)C[C@@H](Nc1nc(C3CC3)no1)CCO2. The van der Waals surface area contributed by atoms with E-state index in [4.69, 9.17) is 9.26 Å². The van der Waals surface area contributed by atoms with Gasteiger partial charge in [0.25, 0.3) is 0 Å². The van der Waals surface area contributed by atoms with Gasteiger partial charge in [-0.3, -0.25) is 0 Å². The van der Waals surface area contributed by atoms with Crippen molar-refractivity contribution >= 4 is 6.01 Å². The van der Waals surface area contributed by atoms with Crippen molar-refractivity contribution in [2.75, 3.05) is 11.9 Å². The van der Waals surface area contributed by atoms with Crippen molar-refractivity contribution in [2.45, 2.75) is 68.9 Å². The second-order valence-electron chi connectivity index (χ2n) is 6.30. The standard InChI is InChI=1S/C14H21N3O2/c1-2-7-14(6-1)9-11(5-8-18-14)15-13-16-12(17-19-13)10-3-4-10/h10-11H,1-9H2,(H,15,16,17)/t11-/m0/s1. The van der Waals surface area contributed by atoms with E-state index in [0.29, 0.717) is 18.0 Å². The molecular weight excluding hydrogens is 242 g/mol. The minimum atomic E-state index is 0.134. The molecule has 19 heavy (non-hydrogen) atoms. The average molecular weight is 263 g/mol. The van der Waals surface area contributed by atoms with Crippen molar-refractivity contribution in [1.82, 2.24) is 10.1 Å². The van der Waals surface area contributed by atoms with E-state index in [2.05, 4.69) is 15.5 Å². The van der Waals surface area contributed by atoms with Gasteiger partial charge >= 0.3 is 6.01 Å². The van der Waals surface area contributed by atoms with E-state index in [9.17, 15) is 0 Å². The summed E-state index contributed by atoms with van der Waals surface area (Å²) in [6.45, 7) is 0.848. The number of ether oxygens (including phenoxy) is 1. The summed E-state index contributed by atoms with van der Waals surface area (Å²) in [6.07, 6.45) is 9.55. The topological polar surface area (TPSA) is 60.2 Å². The Kier molecular flexibility index (Phi) is 2.76. The van der Waals surface area contributed by atoms with Gasteiger partial charge in [-0.25, -0.2) is 0 Å². The smallest absolute Gasteiger partial charge is 0.321 e. The molecule has 5 nitrogen and oxygen atoms in total. The lowest BCUT2D eigenvalue weighted by Gasteiger charge is -2.38. The molecule has 104 valence electrons. The van der Waals surface area contributed by atoms with Crippen molar-refractivity contribution in [2.24, 2.45) is 0 Å². The summed E-state index contributed by atoms with van der Waals surface area (Å²) in [6, 6.07) is 1.02. The Bertz CT molecular complexity index is 449. The molecule has 1 aromatic rings. The van der Waals surface area contributed by atoms with Crippen LogP contribution in [0.25, 0.3) is 0 Å². The predicted octanol–water partition coefficient (Wildman–Crippen LogP) is 2.85. The summed E-state index contributed by atoms with van der Waals surface area (Å²) in [4.78, 5) is 4.45. The maximum Gasteiger partial charge on any atom is 0.321 e. The number of aromatic nitrogens is 2. The van der Waals surface area contributed by atoms with Crippen LogP contribution in [0.5, 0.6) is 0 Å². The predicted molar refractivity (Wildman–Crippen MR) is 70.1 cm³/mol. The molecule has 0 bridgehead atoms. The molecule has 4 rings (SSSR count). The van der Waals surface area contributed by atoms with Crippen molar-refractivity contribution in [3.8, 4) is 0 Å². The molecule has 0 radical (unpaired) electrons. The summed E-state index contributed by atoms with van der Waals surface area (Å²) in [7, 11) is 0. The molecule has 2 heterocycles. The first kappa shape index (κ1) is 11.7. The molecule has 0 amide bonds. The number of rotatable bonds is 3. The molecule has 2 aliphatic carbocycles. The minimum Gasteiger partial charge on any atom is -0.375 e. The molecule has 1 spiro atoms. The zero-order valence-electron chi connectivity index (χ0n) is 11.2. The maximum absolute atomic E-state index is 6.04. The minimum absolute atomic E-state index is 0.134. The van der Waals surface area contributed by atoms with Crippen molar-refractivity contribution in [3.63, 3.8) is 0 Å². The van der Waals surface area contributed by atoms with E-state index in [1.54, 1.807) is 0 Å². The van der Waals surface area contributed by atoms with E-state index in [-0.39, 0.29) is 5.60 Å². The van der Waals surface area contributed by atoms with Crippen molar-refractivity contribution < 1.29 is 9.26 Å². The van der Waals surface area contributed by atoms with Gasteiger partial charge in [0, 0.05) is 18.6 Å². The fourth-order valence-corrected chi connectivity index (χ4v) is 3.49. The Morgan fingerprint density at radius 1 is 1.16 bits per heavy atom. The fourth-order valence-electron chi connectivity index (χ4n) is 3.49. The Labute approximate surface area is 113 Å². The molecule has 3 aliphatic rings. The lowest BCUT2D eigenvalue weighted by atomic mass is 9.89. The summed E-state index contributed by atoms with van der Waals surface area (Å²) in [5.74, 6) is 1.43. The maximum atomic E-state index is 6.04. The van der Waals surface area contributed by atoms with Gasteiger partial charge in [0.15, 0.2) is 5.82 Å². The third kappa shape index (κ3) is 2.36. The van der Waals surface area contributed by atoms with Crippen LogP contribution in [0.2, 0.25) is 0 Å². The van der Waals surface area contributed by atoms with E-state index in [0.717, 1.165) is 25.3 Å². The quantitative estimate of drug-likeness (QED) is 0.908. The van der Waals surface area contributed by atoms with Gasteiger partial charge in [-0.2, -0.15) is 4.98 Å². The summed E-state index contributed by atoms with van der Waals surface area (Å²) >= 11 is 0. The molecule has 5 heteroatoms. The second kappa shape index (κ2) is 4.47. The van der Waals surface area contributed by atoms with Gasteiger partial charge in [-0.15, -0.1) is 0 Å². The Morgan fingerprint density at radius 2 is 2.00 bits per heavy atom. The molecule has 1 aliphatic heterocycles. The van der Waals surface area contributed by atoms with Crippen molar-refractivity contribution in [1.29, 1.82) is 0 Å². The van der Waals surface area contributed by atoms with Crippen LogP contribution in [0.3, 0.4) is 0 Å². The lowest BCUT2D eigenvalue weighted by molar-refractivity contribution is -0.0769. The highest BCUT2D eigenvalue weighted by Gasteiger charge is 2.40. The first-order chi connectivity index (χ1) is 9.33. The Hall–Kier alpha value is -1.10. The average Bonchev–Trinajstić information content (AvgIpc) is 3.01. The van der Waals surface area contributed by atoms with E-state index in [1.165, 1.54) is 38.5 Å². The van der Waals surface area contributed by atoms with Gasteiger partial charge in [-0.05, 0) is 38.5 Å². The number of hydrogen-bond donors (Lipinski definition) is 1. The summed E-state index contributed by atoms with van der Waals surface area (Å²) in [5, 5.41) is 7.47. The van der Waals surface area contributed by atoms with Crippen LogP contribution in [0.15, 0.2) is 4.52 Å². The van der Waals surface area contributed by atoms with E-state index in [1.807, 2.05) is 0 Å². The summed E-state index contributed by atoms with van der Waals surface area (Å²) < 4.78 is 11.3. The first-order valence-corrected chi connectivity index (χ1v) is 7.57.